The summed E-state index contributed by atoms with van der Waals surface area (Å²) in [6.07, 6.45) is 4.52. The van der Waals surface area contributed by atoms with Crippen molar-refractivity contribution in [2.45, 2.75) is 38.4 Å². The number of hydrazine groups is 1. The lowest BCUT2D eigenvalue weighted by molar-refractivity contribution is 0.0948. The van der Waals surface area contributed by atoms with Gasteiger partial charge < -0.3 is 10.7 Å². The maximum absolute atomic E-state index is 12.2. The zero-order valence-corrected chi connectivity index (χ0v) is 13.3. The summed E-state index contributed by atoms with van der Waals surface area (Å²) >= 11 is 1.78. The van der Waals surface area contributed by atoms with Gasteiger partial charge >= 0.3 is 0 Å². The molecule has 0 bridgehead atoms. The minimum atomic E-state index is -0.226. The van der Waals surface area contributed by atoms with E-state index in [9.17, 15) is 4.79 Å². The highest BCUT2D eigenvalue weighted by Gasteiger charge is 2.16. The first-order chi connectivity index (χ1) is 9.49. The summed E-state index contributed by atoms with van der Waals surface area (Å²) in [5.41, 5.74) is 3.19. The summed E-state index contributed by atoms with van der Waals surface area (Å²) in [6.45, 7) is 6.70. The number of carbonyl (C=O) groups excluding carboxylic acids is 1. The van der Waals surface area contributed by atoms with E-state index >= 15 is 0 Å². The van der Waals surface area contributed by atoms with E-state index in [2.05, 4.69) is 33.9 Å². The number of hydrogen-bond acceptors (Lipinski definition) is 6. The maximum Gasteiger partial charge on any atom is 0.272 e. The number of carbonyl (C=O) groups is 1. The van der Waals surface area contributed by atoms with Crippen molar-refractivity contribution in [2.75, 3.05) is 18.2 Å². The van der Waals surface area contributed by atoms with E-state index in [0.717, 1.165) is 6.42 Å². The van der Waals surface area contributed by atoms with Crippen LogP contribution in [0.3, 0.4) is 0 Å². The Morgan fingerprint density at radius 3 is 2.70 bits per heavy atom. The smallest absolute Gasteiger partial charge is 0.272 e. The molecule has 1 aromatic heterocycles. The van der Waals surface area contributed by atoms with Crippen molar-refractivity contribution in [3.8, 4) is 0 Å². The van der Waals surface area contributed by atoms with Gasteiger partial charge in [0.15, 0.2) is 5.69 Å². The van der Waals surface area contributed by atoms with Crippen molar-refractivity contribution in [2.24, 2.45) is 5.84 Å². The molecule has 1 amide bonds. The van der Waals surface area contributed by atoms with Crippen LogP contribution in [0, 0.1) is 0 Å². The predicted molar refractivity (Wildman–Crippen MR) is 83.9 cm³/mol. The third kappa shape index (κ3) is 4.64. The first kappa shape index (κ1) is 16.7. The van der Waals surface area contributed by atoms with Crippen LogP contribution < -0.4 is 16.6 Å². The number of aromatic nitrogens is 2. The molecule has 0 fully saturated rings. The molecule has 0 aromatic carbocycles. The molecule has 6 nitrogen and oxygen atoms in total. The fourth-order valence-electron chi connectivity index (χ4n) is 1.54. The average Bonchev–Trinajstić information content (AvgIpc) is 2.45. The number of hydrogen-bond donors (Lipinski definition) is 3. The molecule has 1 rings (SSSR count). The molecule has 0 radical (unpaired) electrons. The van der Waals surface area contributed by atoms with Gasteiger partial charge in [-0.2, -0.15) is 11.8 Å². The first-order valence-electron chi connectivity index (χ1n) is 6.64. The number of anilines is 1. The molecule has 0 spiro atoms. The van der Waals surface area contributed by atoms with Crippen LogP contribution in [0.15, 0.2) is 6.20 Å². The number of nitrogens with zero attached hydrogens (tertiary/aromatic N) is 2. The Morgan fingerprint density at radius 1 is 1.45 bits per heavy atom. The molecule has 1 unspecified atom stereocenters. The zero-order valence-electron chi connectivity index (χ0n) is 12.4. The highest BCUT2D eigenvalue weighted by atomic mass is 32.2. The molecular weight excluding hydrogens is 274 g/mol. The van der Waals surface area contributed by atoms with E-state index in [-0.39, 0.29) is 11.8 Å². The van der Waals surface area contributed by atoms with Crippen LogP contribution >= 0.6 is 11.8 Å². The Hall–Kier alpha value is -1.34. The van der Waals surface area contributed by atoms with Gasteiger partial charge in [0.1, 0.15) is 5.82 Å². The molecule has 1 heterocycles. The van der Waals surface area contributed by atoms with Gasteiger partial charge in [0.2, 0.25) is 0 Å². The summed E-state index contributed by atoms with van der Waals surface area (Å²) in [5, 5.41) is 3.38. The van der Waals surface area contributed by atoms with Crippen LogP contribution in [-0.2, 0) is 0 Å². The normalized spacial score (nSPS) is 12.3. The van der Waals surface area contributed by atoms with Gasteiger partial charge in [-0.3, -0.25) is 10.6 Å². The minimum absolute atomic E-state index is 0.157. The molecule has 0 aliphatic carbocycles. The highest BCUT2D eigenvalue weighted by Crippen LogP contribution is 2.15. The molecule has 0 saturated carbocycles. The summed E-state index contributed by atoms with van der Waals surface area (Å²) in [4.78, 5) is 20.6. The second-order valence-electron chi connectivity index (χ2n) is 4.88. The first-order valence-corrected chi connectivity index (χ1v) is 7.92. The lowest BCUT2D eigenvalue weighted by Crippen LogP contribution is -2.29. The molecule has 0 aliphatic heterocycles. The second-order valence-corrected chi connectivity index (χ2v) is 6.16. The Bertz CT molecular complexity index is 452. The molecular formula is C13H23N5OS. The maximum atomic E-state index is 12.2. The molecule has 0 aliphatic rings. The van der Waals surface area contributed by atoms with Gasteiger partial charge in [-0.05, 0) is 12.7 Å². The Morgan fingerprint density at radius 2 is 2.15 bits per heavy atom. The van der Waals surface area contributed by atoms with Gasteiger partial charge in [-0.15, -0.1) is 0 Å². The lowest BCUT2D eigenvalue weighted by Gasteiger charge is -2.12. The fourth-order valence-corrected chi connectivity index (χ4v) is 1.90. The van der Waals surface area contributed by atoms with Crippen molar-refractivity contribution in [1.29, 1.82) is 0 Å². The Balaban J connectivity index is 2.77. The number of nitrogens with two attached hydrogens (primary N) is 1. The van der Waals surface area contributed by atoms with Crippen LogP contribution in [0.5, 0.6) is 0 Å². The third-order valence-electron chi connectivity index (χ3n) is 2.93. The van der Waals surface area contributed by atoms with E-state index in [0.29, 0.717) is 29.0 Å². The van der Waals surface area contributed by atoms with E-state index in [1.54, 1.807) is 18.0 Å². The average molecular weight is 297 g/mol. The SMILES string of the molecule is CSC(C)CCNC(=O)c1nc(C(C)C)ncc1NN. The van der Waals surface area contributed by atoms with E-state index in [1.807, 2.05) is 13.8 Å². The van der Waals surface area contributed by atoms with Gasteiger partial charge in [0.25, 0.3) is 5.91 Å². The fraction of sp³-hybridized carbons (Fsp3) is 0.615. The van der Waals surface area contributed by atoms with Crippen LogP contribution in [-0.4, -0.2) is 33.9 Å². The van der Waals surface area contributed by atoms with Crippen molar-refractivity contribution < 1.29 is 4.79 Å². The molecule has 0 saturated heterocycles. The van der Waals surface area contributed by atoms with Crippen LogP contribution in [0.2, 0.25) is 0 Å². The van der Waals surface area contributed by atoms with Gasteiger partial charge in [-0.25, -0.2) is 9.97 Å². The monoisotopic (exact) mass is 297 g/mol. The standard InChI is InChI=1S/C13H23N5OS/c1-8(2)12-16-7-10(18-14)11(17-12)13(19)15-6-5-9(3)20-4/h7-9,18H,5-6,14H2,1-4H3,(H,15,19). The Kier molecular flexibility index (Phi) is 6.74. The number of amides is 1. The number of rotatable bonds is 7. The van der Waals surface area contributed by atoms with Crippen LogP contribution in [0.4, 0.5) is 5.69 Å². The molecule has 1 aromatic rings. The van der Waals surface area contributed by atoms with Crippen molar-refractivity contribution in [1.82, 2.24) is 15.3 Å². The topological polar surface area (TPSA) is 92.9 Å². The summed E-state index contributed by atoms with van der Waals surface area (Å²) in [7, 11) is 0. The van der Waals surface area contributed by atoms with Crippen LogP contribution in [0.25, 0.3) is 0 Å². The largest absolute Gasteiger partial charge is 0.351 e. The highest BCUT2D eigenvalue weighted by molar-refractivity contribution is 7.99. The molecule has 112 valence electrons. The predicted octanol–water partition coefficient (Wildman–Crippen LogP) is 1.76. The number of nitrogen functional groups attached to an aromatic ring is 1. The molecule has 20 heavy (non-hydrogen) atoms. The molecule has 1 atom stereocenters. The summed E-state index contributed by atoms with van der Waals surface area (Å²) in [5.74, 6) is 5.96. The van der Waals surface area contributed by atoms with Gasteiger partial charge in [0, 0.05) is 17.7 Å². The minimum Gasteiger partial charge on any atom is -0.351 e. The number of thioether (sulfide) groups is 1. The zero-order chi connectivity index (χ0) is 15.1. The second kappa shape index (κ2) is 8.06. The molecule has 4 N–H and O–H groups in total. The number of nitrogens with one attached hydrogen (secondary N) is 2. The molecule has 7 heteroatoms. The lowest BCUT2D eigenvalue weighted by atomic mass is 10.2. The van der Waals surface area contributed by atoms with Gasteiger partial charge in [0.05, 0.1) is 11.9 Å². The third-order valence-corrected chi connectivity index (χ3v) is 3.97. The van der Waals surface area contributed by atoms with E-state index in [4.69, 9.17) is 5.84 Å². The van der Waals surface area contributed by atoms with E-state index in [1.165, 1.54) is 0 Å². The van der Waals surface area contributed by atoms with Crippen molar-refractivity contribution >= 4 is 23.4 Å². The summed E-state index contributed by atoms with van der Waals surface area (Å²) < 4.78 is 0. The Labute approximate surface area is 124 Å². The quantitative estimate of drug-likeness (QED) is 0.524. The van der Waals surface area contributed by atoms with E-state index < -0.39 is 0 Å². The summed E-state index contributed by atoms with van der Waals surface area (Å²) in [6, 6.07) is 0. The van der Waals surface area contributed by atoms with Crippen molar-refractivity contribution in [3.05, 3.63) is 17.7 Å². The van der Waals surface area contributed by atoms with Crippen molar-refractivity contribution in [3.63, 3.8) is 0 Å². The van der Waals surface area contributed by atoms with Crippen LogP contribution in [0.1, 0.15) is 49.4 Å². The van der Waals surface area contributed by atoms with Gasteiger partial charge in [-0.1, -0.05) is 20.8 Å².